The van der Waals surface area contributed by atoms with Crippen molar-refractivity contribution in [1.82, 2.24) is 0 Å². The zero-order chi connectivity index (χ0) is 23.4. The second-order valence-electron chi connectivity index (χ2n) is 8.40. The van der Waals surface area contributed by atoms with E-state index in [1.807, 2.05) is 24.3 Å². The van der Waals surface area contributed by atoms with Crippen LogP contribution in [0.1, 0.15) is 0 Å². The number of hydrogen-bond donors (Lipinski definition) is 0. The summed E-state index contributed by atoms with van der Waals surface area (Å²) in [7, 11) is 6.81. The van der Waals surface area contributed by atoms with Crippen LogP contribution in [0.15, 0.2) is 72.8 Å². The molecule has 0 heterocycles. The lowest BCUT2D eigenvalue weighted by atomic mass is 9.87. The topological polar surface area (TPSA) is 36.9 Å². The van der Waals surface area contributed by atoms with Crippen molar-refractivity contribution < 1.29 is 18.9 Å². The van der Waals surface area contributed by atoms with Crippen molar-refractivity contribution in [2.24, 2.45) is 0 Å². The van der Waals surface area contributed by atoms with E-state index in [1.165, 1.54) is 32.3 Å². The summed E-state index contributed by atoms with van der Waals surface area (Å²) in [5, 5.41) is 11.6. The lowest BCUT2D eigenvalue weighted by molar-refractivity contribution is 0.415. The first-order chi connectivity index (χ1) is 16.7. The third-order valence-corrected chi connectivity index (χ3v) is 6.81. The van der Waals surface area contributed by atoms with E-state index in [-0.39, 0.29) is 0 Å². The quantitative estimate of drug-likeness (QED) is 0.262. The van der Waals surface area contributed by atoms with Gasteiger partial charge in [-0.15, -0.1) is 0 Å². The second kappa shape index (κ2) is 7.70. The van der Waals surface area contributed by atoms with Gasteiger partial charge in [0.2, 0.25) is 0 Å². The molecule has 0 N–H and O–H groups in total. The van der Waals surface area contributed by atoms with E-state index in [2.05, 4.69) is 48.5 Å². The predicted molar refractivity (Wildman–Crippen MR) is 140 cm³/mol. The van der Waals surface area contributed by atoms with Gasteiger partial charge in [-0.3, -0.25) is 0 Å². The fraction of sp³-hybridized carbons (Fsp3) is 0.133. The minimum absolute atomic E-state index is 0.826. The van der Waals surface area contributed by atoms with E-state index in [0.717, 1.165) is 44.5 Å². The summed E-state index contributed by atoms with van der Waals surface area (Å²) < 4.78 is 22.4. The molecule has 6 rings (SSSR count). The Morgan fingerprint density at radius 1 is 0.324 bits per heavy atom. The molecule has 6 aromatic carbocycles. The highest BCUT2D eigenvalue weighted by Crippen LogP contribution is 2.46. The molecule has 0 aliphatic carbocycles. The van der Waals surface area contributed by atoms with Gasteiger partial charge in [0.25, 0.3) is 0 Å². The zero-order valence-corrected chi connectivity index (χ0v) is 19.6. The first-order valence-electron chi connectivity index (χ1n) is 11.2. The Kier molecular flexibility index (Phi) is 4.63. The Morgan fingerprint density at radius 2 is 0.559 bits per heavy atom. The van der Waals surface area contributed by atoms with E-state index in [9.17, 15) is 0 Å². The monoisotopic (exact) mass is 448 g/mol. The molecule has 168 valence electrons. The highest BCUT2D eigenvalue weighted by molar-refractivity contribution is 6.39. The predicted octanol–water partition coefficient (Wildman–Crippen LogP) is 7.49. The van der Waals surface area contributed by atoms with Crippen LogP contribution in [0.2, 0.25) is 0 Å². The third-order valence-electron chi connectivity index (χ3n) is 6.81. The van der Waals surface area contributed by atoms with Gasteiger partial charge in [-0.25, -0.2) is 0 Å². The first-order valence-corrected chi connectivity index (χ1v) is 11.2. The van der Waals surface area contributed by atoms with Crippen molar-refractivity contribution in [3.8, 4) is 23.0 Å². The zero-order valence-electron chi connectivity index (χ0n) is 19.6. The van der Waals surface area contributed by atoms with Gasteiger partial charge < -0.3 is 18.9 Å². The molecule has 0 saturated heterocycles. The molecule has 0 aliphatic rings. The van der Waals surface area contributed by atoms with Gasteiger partial charge >= 0.3 is 0 Å². The van der Waals surface area contributed by atoms with E-state index in [1.54, 1.807) is 28.4 Å². The average molecular weight is 449 g/mol. The van der Waals surface area contributed by atoms with Crippen molar-refractivity contribution in [2.75, 3.05) is 28.4 Å². The van der Waals surface area contributed by atoms with Crippen LogP contribution in [0, 0.1) is 0 Å². The molecule has 0 saturated carbocycles. The van der Waals surface area contributed by atoms with E-state index >= 15 is 0 Å². The van der Waals surface area contributed by atoms with Crippen LogP contribution in [0.4, 0.5) is 0 Å². The molecule has 0 aromatic heterocycles. The highest BCUT2D eigenvalue weighted by atomic mass is 16.5. The summed E-state index contributed by atoms with van der Waals surface area (Å²) in [5.41, 5.74) is 0. The maximum absolute atomic E-state index is 5.59. The van der Waals surface area contributed by atoms with Gasteiger partial charge in [-0.2, -0.15) is 0 Å². The number of benzene rings is 6. The van der Waals surface area contributed by atoms with Gasteiger partial charge in [0.15, 0.2) is 0 Å². The minimum Gasteiger partial charge on any atom is -0.497 e. The lowest BCUT2D eigenvalue weighted by Crippen LogP contribution is -1.92. The molecular weight excluding hydrogens is 424 g/mol. The summed E-state index contributed by atoms with van der Waals surface area (Å²) in [6, 6.07) is 25.2. The average Bonchev–Trinajstić information content (AvgIpc) is 2.91. The number of hydrogen-bond acceptors (Lipinski definition) is 4. The number of methoxy groups -OCH3 is 4. The first kappa shape index (κ1) is 20.4. The van der Waals surface area contributed by atoms with Crippen molar-refractivity contribution in [2.45, 2.75) is 0 Å². The van der Waals surface area contributed by atoms with Crippen molar-refractivity contribution >= 4 is 53.9 Å². The maximum atomic E-state index is 5.59. The summed E-state index contributed by atoms with van der Waals surface area (Å²) in [4.78, 5) is 0. The summed E-state index contributed by atoms with van der Waals surface area (Å²) in [6.07, 6.45) is 0. The fourth-order valence-electron chi connectivity index (χ4n) is 5.19. The fourth-order valence-corrected chi connectivity index (χ4v) is 5.19. The van der Waals surface area contributed by atoms with Crippen LogP contribution >= 0.6 is 0 Å². The molecule has 0 aliphatic heterocycles. The lowest BCUT2D eigenvalue weighted by Gasteiger charge is -2.18. The van der Waals surface area contributed by atoms with Crippen molar-refractivity contribution in [1.29, 1.82) is 0 Å². The molecule has 4 heteroatoms. The van der Waals surface area contributed by atoms with Gasteiger partial charge in [0.1, 0.15) is 23.0 Å². The number of ether oxygens (including phenoxy) is 4. The Bertz CT molecular complexity index is 1490. The maximum Gasteiger partial charge on any atom is 0.119 e. The van der Waals surface area contributed by atoms with Crippen LogP contribution in [0.5, 0.6) is 23.0 Å². The highest BCUT2D eigenvalue weighted by Gasteiger charge is 2.18. The Balaban J connectivity index is 1.97. The van der Waals surface area contributed by atoms with Gasteiger partial charge in [-0.1, -0.05) is 24.3 Å². The largest absolute Gasteiger partial charge is 0.497 e. The van der Waals surface area contributed by atoms with E-state index in [0.29, 0.717) is 0 Å². The molecule has 34 heavy (non-hydrogen) atoms. The smallest absolute Gasteiger partial charge is 0.119 e. The Labute approximate surface area is 197 Å². The molecule has 0 amide bonds. The van der Waals surface area contributed by atoms with E-state index < -0.39 is 0 Å². The van der Waals surface area contributed by atoms with Gasteiger partial charge in [0.05, 0.1) is 28.4 Å². The minimum atomic E-state index is 0.826. The molecule has 0 unspecified atom stereocenters. The van der Waals surface area contributed by atoms with Crippen LogP contribution in [-0.4, -0.2) is 28.4 Å². The Morgan fingerprint density at radius 3 is 0.765 bits per heavy atom. The molecular formula is C30H24O4. The molecule has 0 fully saturated rings. The summed E-state index contributed by atoms with van der Waals surface area (Å²) in [6.45, 7) is 0. The summed E-state index contributed by atoms with van der Waals surface area (Å²) >= 11 is 0. The molecule has 0 spiro atoms. The van der Waals surface area contributed by atoms with Gasteiger partial charge in [-0.05, 0) is 102 Å². The van der Waals surface area contributed by atoms with Crippen LogP contribution < -0.4 is 18.9 Å². The van der Waals surface area contributed by atoms with Crippen LogP contribution in [0.25, 0.3) is 53.9 Å². The SMILES string of the molecule is COc1ccc2c(c1)c1cc(OC)ccc1c1c3ccc(OC)cc3c3cc(OC)ccc3c21. The van der Waals surface area contributed by atoms with Crippen LogP contribution in [0.3, 0.4) is 0 Å². The van der Waals surface area contributed by atoms with Crippen molar-refractivity contribution in [3.05, 3.63) is 72.8 Å². The number of fused-ring (bicyclic) bond motifs is 11. The summed E-state index contributed by atoms with van der Waals surface area (Å²) in [5.74, 6) is 3.31. The van der Waals surface area contributed by atoms with E-state index in [4.69, 9.17) is 18.9 Å². The standard InChI is InChI=1S/C30H24O4/c1-31-17-5-9-21-25(13-17)26-14-18(32-2)6-10-22(26)30-24-12-8-20(34-4)16-28(24)27-15-19(33-3)7-11-23(27)29(21)30/h5-16H,1-4H3. The Hall–Kier alpha value is -4.18. The van der Waals surface area contributed by atoms with Gasteiger partial charge in [0, 0.05) is 0 Å². The molecule has 4 nitrogen and oxygen atoms in total. The molecule has 0 radical (unpaired) electrons. The number of rotatable bonds is 4. The molecule has 6 aromatic rings. The van der Waals surface area contributed by atoms with Crippen LogP contribution in [-0.2, 0) is 0 Å². The normalized spacial score (nSPS) is 11.5. The second-order valence-corrected chi connectivity index (χ2v) is 8.40. The molecule has 0 atom stereocenters. The van der Waals surface area contributed by atoms with Crippen molar-refractivity contribution in [3.63, 3.8) is 0 Å². The third kappa shape index (κ3) is 2.85. The molecule has 0 bridgehead atoms.